The summed E-state index contributed by atoms with van der Waals surface area (Å²) in [5.74, 6) is 1.21. The summed E-state index contributed by atoms with van der Waals surface area (Å²) in [5, 5.41) is 2.88. The molecule has 2 N–H and O–H groups in total. The minimum Gasteiger partial charge on any atom is -0.480 e. The summed E-state index contributed by atoms with van der Waals surface area (Å²) >= 11 is 3.42. The number of H-pyrrole nitrogens is 1. The van der Waals surface area contributed by atoms with Gasteiger partial charge in [0.1, 0.15) is 11.6 Å². The van der Waals surface area contributed by atoms with Gasteiger partial charge in [-0.2, -0.15) is 0 Å². The Morgan fingerprint density at radius 3 is 2.50 bits per heavy atom. The van der Waals surface area contributed by atoms with Gasteiger partial charge in [0, 0.05) is 11.3 Å². The topological polar surface area (TPSA) is 67.0 Å². The molecule has 0 aliphatic heterocycles. The van der Waals surface area contributed by atoms with E-state index in [1.54, 1.807) is 6.92 Å². The van der Waals surface area contributed by atoms with Gasteiger partial charge in [0.05, 0.1) is 15.5 Å². The molecule has 0 radical (unpaired) electrons. The Morgan fingerprint density at radius 2 is 1.75 bits per heavy atom. The Morgan fingerprint density at radius 1 is 1.04 bits per heavy atom. The molecule has 6 heteroatoms. The highest BCUT2D eigenvalue weighted by Gasteiger charge is 2.16. The summed E-state index contributed by atoms with van der Waals surface area (Å²) in [6.07, 6.45) is -0.631. The lowest BCUT2D eigenvalue weighted by molar-refractivity contribution is -0.122. The van der Waals surface area contributed by atoms with Gasteiger partial charge >= 0.3 is 0 Å². The van der Waals surface area contributed by atoms with E-state index in [4.69, 9.17) is 4.74 Å². The van der Waals surface area contributed by atoms with Crippen LogP contribution < -0.4 is 10.1 Å². The lowest BCUT2D eigenvalue weighted by Gasteiger charge is -2.15. The first-order valence-corrected chi connectivity index (χ1v) is 9.67. The minimum atomic E-state index is -0.631. The van der Waals surface area contributed by atoms with Crippen molar-refractivity contribution in [1.29, 1.82) is 0 Å². The van der Waals surface area contributed by atoms with E-state index in [1.165, 1.54) is 0 Å². The molecule has 0 saturated carbocycles. The summed E-state index contributed by atoms with van der Waals surface area (Å²) in [4.78, 5) is 20.3. The van der Waals surface area contributed by atoms with Gasteiger partial charge in [0.25, 0.3) is 5.91 Å². The Hall–Kier alpha value is -3.12. The van der Waals surface area contributed by atoms with E-state index in [-0.39, 0.29) is 5.91 Å². The molecule has 0 spiro atoms. The number of aromatic amines is 1. The number of hydrogen-bond donors (Lipinski definition) is 2. The molecule has 3 aromatic carbocycles. The molecule has 4 aromatic rings. The van der Waals surface area contributed by atoms with E-state index >= 15 is 0 Å². The van der Waals surface area contributed by atoms with Crippen LogP contribution in [-0.4, -0.2) is 22.0 Å². The average molecular weight is 436 g/mol. The Bertz CT molecular complexity index is 1090. The number of para-hydroxylation sites is 3. The minimum absolute atomic E-state index is 0.216. The largest absolute Gasteiger partial charge is 0.480 e. The van der Waals surface area contributed by atoms with E-state index in [0.29, 0.717) is 11.4 Å². The van der Waals surface area contributed by atoms with E-state index in [0.717, 1.165) is 26.9 Å². The molecule has 28 heavy (non-hydrogen) atoms. The molecular formula is C22H18BrN3O2. The van der Waals surface area contributed by atoms with Gasteiger partial charge in [0.15, 0.2) is 6.10 Å². The fourth-order valence-electron chi connectivity index (χ4n) is 2.83. The normalized spacial score (nSPS) is 11.9. The molecule has 0 fully saturated rings. The maximum Gasteiger partial charge on any atom is 0.265 e. The van der Waals surface area contributed by atoms with Crippen molar-refractivity contribution in [2.45, 2.75) is 13.0 Å². The van der Waals surface area contributed by atoms with Crippen molar-refractivity contribution in [1.82, 2.24) is 9.97 Å². The summed E-state index contributed by atoms with van der Waals surface area (Å²) in [6, 6.07) is 22.9. The van der Waals surface area contributed by atoms with Gasteiger partial charge in [-0.25, -0.2) is 4.98 Å². The number of halogens is 1. The van der Waals surface area contributed by atoms with Crippen LogP contribution in [0, 0.1) is 0 Å². The maximum atomic E-state index is 12.4. The van der Waals surface area contributed by atoms with Gasteiger partial charge in [-0.15, -0.1) is 0 Å². The number of carbonyl (C=O) groups excluding carboxylic acids is 1. The second-order valence-electron chi connectivity index (χ2n) is 6.36. The summed E-state index contributed by atoms with van der Waals surface area (Å²) in [6.45, 7) is 1.72. The van der Waals surface area contributed by atoms with Crippen molar-refractivity contribution in [3.63, 3.8) is 0 Å². The van der Waals surface area contributed by atoms with Gasteiger partial charge in [-0.1, -0.05) is 24.3 Å². The predicted molar refractivity (Wildman–Crippen MR) is 114 cm³/mol. The smallest absolute Gasteiger partial charge is 0.265 e. The molecule has 0 bridgehead atoms. The molecule has 1 amide bonds. The van der Waals surface area contributed by atoms with Crippen LogP contribution in [0.4, 0.5) is 5.69 Å². The molecule has 0 aliphatic carbocycles. The molecule has 4 rings (SSSR count). The third-order valence-corrected chi connectivity index (χ3v) is 4.98. The summed E-state index contributed by atoms with van der Waals surface area (Å²) in [5.41, 5.74) is 3.57. The fraction of sp³-hybridized carbons (Fsp3) is 0.0909. The van der Waals surface area contributed by atoms with E-state index < -0.39 is 6.10 Å². The quantitative estimate of drug-likeness (QED) is 0.440. The fourth-order valence-corrected chi connectivity index (χ4v) is 3.21. The van der Waals surface area contributed by atoms with Crippen molar-refractivity contribution in [2.75, 3.05) is 5.32 Å². The number of amides is 1. The zero-order valence-electron chi connectivity index (χ0n) is 15.1. The molecule has 0 unspecified atom stereocenters. The van der Waals surface area contributed by atoms with Crippen LogP contribution in [-0.2, 0) is 4.79 Å². The first-order chi connectivity index (χ1) is 13.6. The number of benzene rings is 3. The van der Waals surface area contributed by atoms with Crippen LogP contribution in [0.5, 0.6) is 5.75 Å². The van der Waals surface area contributed by atoms with Crippen molar-refractivity contribution in [2.24, 2.45) is 0 Å². The standard InChI is InChI=1S/C22H18BrN3O2/c1-14(28-20-9-5-2-6-17(20)23)22(27)24-16-12-10-15(11-13-16)21-25-18-7-3-4-8-19(18)26-21/h2-14H,1H3,(H,24,27)(H,25,26)/t14-/m1/s1. The van der Waals surface area contributed by atoms with Crippen molar-refractivity contribution in [3.05, 3.63) is 77.3 Å². The van der Waals surface area contributed by atoms with Crippen LogP contribution in [0.25, 0.3) is 22.4 Å². The average Bonchev–Trinajstić information content (AvgIpc) is 3.14. The highest BCUT2D eigenvalue weighted by Crippen LogP contribution is 2.25. The number of nitrogens with zero attached hydrogens (tertiary/aromatic N) is 1. The second-order valence-corrected chi connectivity index (χ2v) is 7.21. The zero-order valence-corrected chi connectivity index (χ0v) is 16.7. The van der Waals surface area contributed by atoms with Crippen molar-refractivity contribution >= 4 is 38.6 Å². The molecule has 0 saturated heterocycles. The molecule has 5 nitrogen and oxygen atoms in total. The van der Waals surface area contributed by atoms with Crippen LogP contribution in [0.2, 0.25) is 0 Å². The molecular weight excluding hydrogens is 418 g/mol. The third kappa shape index (κ3) is 3.92. The SMILES string of the molecule is C[C@@H](Oc1ccccc1Br)C(=O)Nc1ccc(-c2nc3ccccc3[nH]2)cc1. The Labute approximate surface area is 170 Å². The molecule has 0 aliphatic rings. The molecule has 1 aromatic heterocycles. The van der Waals surface area contributed by atoms with E-state index in [9.17, 15) is 4.79 Å². The lowest BCUT2D eigenvalue weighted by atomic mass is 10.2. The van der Waals surface area contributed by atoms with Crippen LogP contribution in [0.3, 0.4) is 0 Å². The first kappa shape index (κ1) is 18.3. The second kappa shape index (κ2) is 7.86. The predicted octanol–water partition coefficient (Wildman–Crippen LogP) is 5.40. The highest BCUT2D eigenvalue weighted by atomic mass is 79.9. The maximum absolute atomic E-state index is 12.4. The first-order valence-electron chi connectivity index (χ1n) is 8.87. The Kier molecular flexibility index (Phi) is 5.12. The number of hydrogen-bond acceptors (Lipinski definition) is 3. The molecule has 1 heterocycles. The van der Waals surface area contributed by atoms with Gasteiger partial charge < -0.3 is 15.0 Å². The van der Waals surface area contributed by atoms with Crippen LogP contribution in [0.15, 0.2) is 77.3 Å². The summed E-state index contributed by atoms with van der Waals surface area (Å²) < 4.78 is 6.54. The number of ether oxygens (including phenoxy) is 1. The number of carbonyl (C=O) groups is 1. The van der Waals surface area contributed by atoms with E-state index in [2.05, 4.69) is 31.2 Å². The lowest BCUT2D eigenvalue weighted by Crippen LogP contribution is -2.30. The number of rotatable bonds is 5. The van der Waals surface area contributed by atoms with Crippen molar-refractivity contribution < 1.29 is 9.53 Å². The third-order valence-electron chi connectivity index (χ3n) is 4.32. The zero-order chi connectivity index (χ0) is 19.5. The van der Waals surface area contributed by atoms with Crippen LogP contribution in [0.1, 0.15) is 6.92 Å². The van der Waals surface area contributed by atoms with Gasteiger partial charge in [-0.05, 0) is 71.4 Å². The number of nitrogens with one attached hydrogen (secondary N) is 2. The highest BCUT2D eigenvalue weighted by molar-refractivity contribution is 9.10. The number of fused-ring (bicyclic) bond motifs is 1. The van der Waals surface area contributed by atoms with Crippen LogP contribution >= 0.6 is 15.9 Å². The number of imidazole rings is 1. The van der Waals surface area contributed by atoms with E-state index in [1.807, 2.05) is 72.8 Å². The number of anilines is 1. The monoisotopic (exact) mass is 435 g/mol. The number of aromatic nitrogens is 2. The Balaban J connectivity index is 1.43. The summed E-state index contributed by atoms with van der Waals surface area (Å²) in [7, 11) is 0. The molecule has 140 valence electrons. The van der Waals surface area contributed by atoms with Gasteiger partial charge in [0.2, 0.25) is 0 Å². The van der Waals surface area contributed by atoms with Crippen molar-refractivity contribution in [3.8, 4) is 17.1 Å². The van der Waals surface area contributed by atoms with Gasteiger partial charge in [-0.3, -0.25) is 4.79 Å². The molecule has 1 atom stereocenters.